The predicted octanol–water partition coefficient (Wildman–Crippen LogP) is 5.60. The van der Waals surface area contributed by atoms with E-state index in [1.807, 2.05) is 18.2 Å². The van der Waals surface area contributed by atoms with E-state index >= 15 is 0 Å². The van der Waals surface area contributed by atoms with Gasteiger partial charge in [-0.2, -0.15) is 0 Å². The number of hydrogen-bond donors (Lipinski definition) is 0. The van der Waals surface area contributed by atoms with E-state index in [0.717, 1.165) is 10.7 Å². The Morgan fingerprint density at radius 1 is 0.850 bits per heavy atom. The second kappa shape index (κ2) is 5.59. The Bertz CT molecular complexity index is 681. The molecule has 0 aliphatic carbocycles. The molecule has 0 fully saturated rings. The van der Waals surface area contributed by atoms with Gasteiger partial charge in [-0.3, -0.25) is 0 Å². The van der Waals surface area contributed by atoms with Gasteiger partial charge in [0.05, 0.1) is 5.69 Å². The number of nitrogens with zero attached hydrogens (tertiary/aromatic N) is 1. The lowest BCUT2D eigenvalue weighted by Crippen LogP contribution is -1.86. The van der Waals surface area contributed by atoms with Crippen molar-refractivity contribution in [3.63, 3.8) is 0 Å². The van der Waals surface area contributed by atoms with E-state index in [-0.39, 0.29) is 0 Å². The lowest BCUT2D eigenvalue weighted by atomic mass is 10.0. The maximum atomic E-state index is 4.74. The summed E-state index contributed by atoms with van der Waals surface area (Å²) in [5.74, 6) is 0.569. The smallest absolute Gasteiger partial charge is 0.124 e. The summed E-state index contributed by atoms with van der Waals surface area (Å²) in [6.07, 6.45) is 0. The minimum Gasteiger partial charge on any atom is -0.236 e. The Balaban J connectivity index is 1.90. The van der Waals surface area contributed by atoms with Gasteiger partial charge in [-0.1, -0.05) is 68.4 Å². The molecule has 0 saturated carbocycles. The molecule has 2 heteroatoms. The molecular weight excluding hydrogens is 262 g/mol. The number of thiazole rings is 1. The third-order valence-corrected chi connectivity index (χ3v) is 4.29. The number of benzene rings is 2. The summed E-state index contributed by atoms with van der Waals surface area (Å²) < 4.78 is 0. The molecular formula is C18H17NS. The minimum absolute atomic E-state index is 0.569. The first-order valence-corrected chi connectivity index (χ1v) is 7.73. The number of hydrogen-bond acceptors (Lipinski definition) is 2. The lowest BCUT2D eigenvalue weighted by molar-refractivity contribution is 0.867. The highest BCUT2D eigenvalue weighted by Crippen LogP contribution is 2.29. The van der Waals surface area contributed by atoms with E-state index in [9.17, 15) is 0 Å². The monoisotopic (exact) mass is 279 g/mol. The van der Waals surface area contributed by atoms with Crippen molar-refractivity contribution in [2.24, 2.45) is 0 Å². The van der Waals surface area contributed by atoms with Crippen LogP contribution in [0, 0.1) is 0 Å². The molecule has 0 radical (unpaired) electrons. The molecule has 100 valence electrons. The van der Waals surface area contributed by atoms with Crippen LogP contribution in [-0.4, -0.2) is 4.98 Å². The van der Waals surface area contributed by atoms with Gasteiger partial charge in [-0.15, -0.1) is 11.3 Å². The predicted molar refractivity (Wildman–Crippen MR) is 87.1 cm³/mol. The molecule has 1 heterocycles. The van der Waals surface area contributed by atoms with Crippen molar-refractivity contribution in [2.75, 3.05) is 0 Å². The second-order valence-corrected chi connectivity index (χ2v) is 6.04. The van der Waals surface area contributed by atoms with Crippen molar-refractivity contribution < 1.29 is 0 Å². The molecule has 0 unspecified atom stereocenters. The van der Waals surface area contributed by atoms with Gasteiger partial charge >= 0.3 is 0 Å². The summed E-state index contributed by atoms with van der Waals surface area (Å²) >= 11 is 1.70. The molecule has 20 heavy (non-hydrogen) atoms. The molecule has 0 bridgehead atoms. The fourth-order valence-electron chi connectivity index (χ4n) is 2.16. The normalized spacial score (nSPS) is 10.9. The molecule has 3 rings (SSSR count). The van der Waals surface area contributed by atoms with Crippen molar-refractivity contribution in [3.8, 4) is 21.8 Å². The molecule has 0 aliphatic rings. The standard InChI is InChI=1S/C18H17NS/c1-13(2)14-8-10-15(11-9-14)17-12-20-18(19-17)16-6-4-3-5-7-16/h3-13H,1-2H3. The molecule has 0 N–H and O–H groups in total. The highest BCUT2D eigenvalue weighted by atomic mass is 32.1. The van der Waals surface area contributed by atoms with Gasteiger partial charge in [0.15, 0.2) is 0 Å². The van der Waals surface area contributed by atoms with E-state index < -0.39 is 0 Å². The van der Waals surface area contributed by atoms with Crippen LogP contribution in [0.1, 0.15) is 25.3 Å². The van der Waals surface area contributed by atoms with E-state index in [4.69, 9.17) is 4.98 Å². The zero-order valence-corrected chi connectivity index (χ0v) is 12.5. The molecule has 0 spiro atoms. The third-order valence-electron chi connectivity index (χ3n) is 3.40. The molecule has 0 aliphatic heterocycles. The van der Waals surface area contributed by atoms with Gasteiger partial charge in [0.2, 0.25) is 0 Å². The van der Waals surface area contributed by atoms with Crippen LogP contribution >= 0.6 is 11.3 Å². The molecule has 0 amide bonds. The van der Waals surface area contributed by atoms with Crippen LogP contribution in [0.4, 0.5) is 0 Å². The van der Waals surface area contributed by atoms with Gasteiger partial charge < -0.3 is 0 Å². The molecule has 0 atom stereocenters. The van der Waals surface area contributed by atoms with Crippen LogP contribution in [0.2, 0.25) is 0 Å². The molecule has 3 aromatic rings. The van der Waals surface area contributed by atoms with Crippen LogP contribution in [-0.2, 0) is 0 Å². The van der Waals surface area contributed by atoms with Gasteiger partial charge in [-0.05, 0) is 11.5 Å². The average Bonchev–Trinajstić information content (AvgIpc) is 2.98. The highest BCUT2D eigenvalue weighted by Gasteiger charge is 2.07. The van der Waals surface area contributed by atoms with Gasteiger partial charge in [0.25, 0.3) is 0 Å². The van der Waals surface area contributed by atoms with Gasteiger partial charge in [0.1, 0.15) is 5.01 Å². The first kappa shape index (κ1) is 13.1. The SMILES string of the molecule is CC(C)c1ccc(-c2csc(-c3ccccc3)n2)cc1. The Kier molecular flexibility index (Phi) is 3.66. The number of aromatic nitrogens is 1. The van der Waals surface area contributed by atoms with Crippen molar-refractivity contribution in [2.45, 2.75) is 19.8 Å². The van der Waals surface area contributed by atoms with Crippen LogP contribution < -0.4 is 0 Å². The zero-order valence-electron chi connectivity index (χ0n) is 11.7. The topological polar surface area (TPSA) is 12.9 Å². The maximum Gasteiger partial charge on any atom is 0.124 e. The van der Waals surface area contributed by atoms with Gasteiger partial charge in [-0.25, -0.2) is 4.98 Å². The minimum atomic E-state index is 0.569. The Hall–Kier alpha value is -1.93. The summed E-state index contributed by atoms with van der Waals surface area (Å²) in [6.45, 7) is 4.43. The molecule has 2 aromatic carbocycles. The first-order chi connectivity index (χ1) is 9.74. The summed E-state index contributed by atoms with van der Waals surface area (Å²) in [4.78, 5) is 4.74. The first-order valence-electron chi connectivity index (χ1n) is 6.85. The quantitative estimate of drug-likeness (QED) is 0.608. The fourth-order valence-corrected chi connectivity index (χ4v) is 2.99. The van der Waals surface area contributed by atoms with E-state index in [2.05, 4.69) is 55.6 Å². The third kappa shape index (κ3) is 2.66. The molecule has 1 nitrogen and oxygen atoms in total. The Labute approximate surface area is 124 Å². The lowest BCUT2D eigenvalue weighted by Gasteiger charge is -2.05. The van der Waals surface area contributed by atoms with E-state index in [0.29, 0.717) is 5.92 Å². The largest absolute Gasteiger partial charge is 0.236 e. The van der Waals surface area contributed by atoms with Crippen LogP contribution in [0.25, 0.3) is 21.8 Å². The van der Waals surface area contributed by atoms with Gasteiger partial charge in [0, 0.05) is 16.5 Å². The van der Waals surface area contributed by atoms with E-state index in [1.54, 1.807) is 11.3 Å². The summed E-state index contributed by atoms with van der Waals surface area (Å²) in [7, 11) is 0. The van der Waals surface area contributed by atoms with Crippen molar-refractivity contribution in [1.29, 1.82) is 0 Å². The van der Waals surface area contributed by atoms with Crippen molar-refractivity contribution in [3.05, 3.63) is 65.5 Å². The van der Waals surface area contributed by atoms with Crippen molar-refractivity contribution >= 4 is 11.3 Å². The molecule has 1 aromatic heterocycles. The summed E-state index contributed by atoms with van der Waals surface area (Å²) in [6, 6.07) is 19.1. The van der Waals surface area contributed by atoms with Crippen LogP contribution in [0.15, 0.2) is 60.0 Å². The maximum absolute atomic E-state index is 4.74. The van der Waals surface area contributed by atoms with Crippen molar-refractivity contribution in [1.82, 2.24) is 4.98 Å². The second-order valence-electron chi connectivity index (χ2n) is 5.18. The van der Waals surface area contributed by atoms with E-state index in [1.165, 1.54) is 16.7 Å². The fraction of sp³-hybridized carbons (Fsp3) is 0.167. The highest BCUT2D eigenvalue weighted by molar-refractivity contribution is 7.13. The number of rotatable bonds is 3. The van der Waals surface area contributed by atoms with Crippen LogP contribution in [0.5, 0.6) is 0 Å². The zero-order chi connectivity index (χ0) is 13.9. The van der Waals surface area contributed by atoms with Crippen LogP contribution in [0.3, 0.4) is 0 Å². The molecule has 0 saturated heterocycles. The Morgan fingerprint density at radius 2 is 1.55 bits per heavy atom. The summed E-state index contributed by atoms with van der Waals surface area (Å²) in [5, 5.41) is 3.21. The Morgan fingerprint density at radius 3 is 2.20 bits per heavy atom. The summed E-state index contributed by atoms with van der Waals surface area (Å²) in [5.41, 5.74) is 4.80. The average molecular weight is 279 g/mol.